The molecule has 0 saturated heterocycles. The molecule has 0 unspecified atom stereocenters. The normalized spacial score (nSPS) is 10.6. The largest absolute Gasteiger partial charge is 0.354 e. The number of nitrogens with one attached hydrogen (secondary N) is 3. The first kappa shape index (κ1) is 11.8. The van der Waals surface area contributed by atoms with Crippen molar-refractivity contribution in [2.24, 2.45) is 7.05 Å². The summed E-state index contributed by atoms with van der Waals surface area (Å²) in [6.07, 6.45) is 0. The van der Waals surface area contributed by atoms with Crippen molar-refractivity contribution in [3.63, 3.8) is 0 Å². The lowest BCUT2D eigenvalue weighted by Crippen LogP contribution is -2.36. The number of aromatic nitrogens is 4. The van der Waals surface area contributed by atoms with Gasteiger partial charge < -0.3 is 10.3 Å². The van der Waals surface area contributed by atoms with E-state index < -0.39 is 28.4 Å². The van der Waals surface area contributed by atoms with E-state index in [4.69, 9.17) is 0 Å². The molecule has 2 aromatic rings. The van der Waals surface area contributed by atoms with E-state index in [2.05, 4.69) is 20.3 Å². The number of amides is 1. The number of rotatable bonds is 1. The average molecular weight is 251 g/mol. The summed E-state index contributed by atoms with van der Waals surface area (Å²) in [7, 11) is 2.59. The second-order valence-electron chi connectivity index (χ2n) is 3.51. The first-order chi connectivity index (χ1) is 8.45. The van der Waals surface area contributed by atoms with Crippen LogP contribution in [0.3, 0.4) is 0 Å². The molecule has 0 saturated carbocycles. The minimum Gasteiger partial charge on any atom is -0.354 e. The van der Waals surface area contributed by atoms with Gasteiger partial charge in [-0.05, 0) is 0 Å². The van der Waals surface area contributed by atoms with Gasteiger partial charge in [-0.3, -0.25) is 23.9 Å². The standard InChI is InChI=1S/C9H9N5O4/c1-10-6(15)4-7(16)12-3-5(11-4)13-9(18)14(2)8(3)17/h1-2H3,(H,10,15)(H,12,16)(H,11,13,18). The average Bonchev–Trinajstić information content (AvgIpc) is 2.36. The first-order valence-corrected chi connectivity index (χ1v) is 4.91. The molecule has 2 rings (SSSR count). The molecule has 18 heavy (non-hydrogen) atoms. The van der Waals surface area contributed by atoms with Gasteiger partial charge in [-0.2, -0.15) is 0 Å². The van der Waals surface area contributed by atoms with Crippen LogP contribution in [0.4, 0.5) is 0 Å². The summed E-state index contributed by atoms with van der Waals surface area (Å²) in [5.74, 6) is -0.709. The lowest BCUT2D eigenvalue weighted by molar-refractivity contribution is 0.0957. The van der Waals surface area contributed by atoms with Gasteiger partial charge in [0.05, 0.1) is 0 Å². The monoisotopic (exact) mass is 251 g/mol. The number of fused-ring (bicyclic) bond motifs is 1. The molecule has 94 valence electrons. The zero-order valence-electron chi connectivity index (χ0n) is 9.53. The van der Waals surface area contributed by atoms with Gasteiger partial charge in [0.25, 0.3) is 17.0 Å². The number of hydrogen-bond acceptors (Lipinski definition) is 5. The van der Waals surface area contributed by atoms with Crippen LogP contribution in [0.5, 0.6) is 0 Å². The van der Waals surface area contributed by atoms with Crippen LogP contribution in [0.1, 0.15) is 10.5 Å². The first-order valence-electron chi connectivity index (χ1n) is 4.91. The molecular weight excluding hydrogens is 242 g/mol. The van der Waals surface area contributed by atoms with Crippen LogP contribution in [-0.2, 0) is 7.05 Å². The van der Waals surface area contributed by atoms with Gasteiger partial charge in [0.15, 0.2) is 16.9 Å². The Kier molecular flexibility index (Phi) is 2.58. The molecule has 0 bridgehead atoms. The summed E-state index contributed by atoms with van der Waals surface area (Å²) in [5.41, 5.74) is -2.90. The van der Waals surface area contributed by atoms with E-state index in [0.717, 1.165) is 4.57 Å². The van der Waals surface area contributed by atoms with Gasteiger partial charge in [-0.25, -0.2) is 9.78 Å². The molecule has 2 aromatic heterocycles. The Balaban J connectivity index is 2.94. The summed E-state index contributed by atoms with van der Waals surface area (Å²) in [4.78, 5) is 54.2. The Morgan fingerprint density at radius 3 is 2.56 bits per heavy atom. The van der Waals surface area contributed by atoms with E-state index in [1.54, 1.807) is 0 Å². The van der Waals surface area contributed by atoms with E-state index >= 15 is 0 Å². The molecular formula is C9H9N5O4. The Morgan fingerprint density at radius 1 is 1.28 bits per heavy atom. The van der Waals surface area contributed by atoms with Crippen LogP contribution in [-0.4, -0.2) is 32.5 Å². The Labute approximate surface area is 98.5 Å². The molecule has 0 aromatic carbocycles. The molecule has 0 fully saturated rings. The topological polar surface area (TPSA) is 130 Å². The highest BCUT2D eigenvalue weighted by Crippen LogP contribution is 1.95. The third kappa shape index (κ3) is 1.61. The molecule has 1 amide bonds. The number of carbonyl (C=O) groups is 1. The molecule has 0 aliphatic rings. The maximum Gasteiger partial charge on any atom is 0.329 e. The third-order valence-electron chi connectivity index (χ3n) is 2.40. The smallest absolute Gasteiger partial charge is 0.329 e. The Morgan fingerprint density at radius 2 is 1.94 bits per heavy atom. The number of hydrogen-bond donors (Lipinski definition) is 3. The Hall–Kier alpha value is -2.71. The fraction of sp³-hybridized carbons (Fsp3) is 0.222. The van der Waals surface area contributed by atoms with Crippen molar-refractivity contribution in [1.82, 2.24) is 24.8 Å². The van der Waals surface area contributed by atoms with Crippen molar-refractivity contribution < 1.29 is 4.79 Å². The van der Waals surface area contributed by atoms with Gasteiger partial charge in [-0.15, -0.1) is 0 Å². The maximum atomic E-state index is 11.7. The van der Waals surface area contributed by atoms with Gasteiger partial charge in [0, 0.05) is 14.1 Å². The number of H-pyrrole nitrogens is 2. The van der Waals surface area contributed by atoms with E-state index in [9.17, 15) is 19.2 Å². The van der Waals surface area contributed by atoms with Crippen LogP contribution in [0.25, 0.3) is 11.2 Å². The molecule has 0 radical (unpaired) electrons. The molecule has 3 N–H and O–H groups in total. The van der Waals surface area contributed by atoms with E-state index in [-0.39, 0.29) is 11.2 Å². The van der Waals surface area contributed by atoms with Crippen molar-refractivity contribution >= 4 is 17.1 Å². The highest BCUT2D eigenvalue weighted by atomic mass is 16.2. The fourth-order valence-corrected chi connectivity index (χ4v) is 1.41. The van der Waals surface area contributed by atoms with Crippen molar-refractivity contribution in [3.8, 4) is 0 Å². The van der Waals surface area contributed by atoms with Gasteiger partial charge in [0.1, 0.15) is 0 Å². The van der Waals surface area contributed by atoms with Gasteiger partial charge >= 0.3 is 5.69 Å². The quantitative estimate of drug-likeness (QED) is 0.523. The number of aromatic amines is 2. The number of carbonyl (C=O) groups excluding carboxylic acids is 1. The zero-order valence-corrected chi connectivity index (χ0v) is 9.53. The van der Waals surface area contributed by atoms with E-state index in [1.165, 1.54) is 14.1 Å². The molecule has 9 heteroatoms. The second kappa shape index (κ2) is 3.95. The lowest BCUT2D eigenvalue weighted by Gasteiger charge is -2.02. The Bertz CT molecular complexity index is 812. The maximum absolute atomic E-state index is 11.7. The SMILES string of the molecule is CNC(=O)c1nc2[nH]c(=O)n(C)c(=O)c2[nH]c1=O. The number of nitrogens with zero attached hydrogens (tertiary/aromatic N) is 2. The fourth-order valence-electron chi connectivity index (χ4n) is 1.41. The molecule has 9 nitrogen and oxygen atoms in total. The van der Waals surface area contributed by atoms with Gasteiger partial charge in [-0.1, -0.05) is 0 Å². The molecule has 0 aliphatic carbocycles. The predicted molar refractivity (Wildman–Crippen MR) is 61.6 cm³/mol. The summed E-state index contributed by atoms with van der Waals surface area (Å²) >= 11 is 0. The van der Waals surface area contributed by atoms with Crippen molar-refractivity contribution in [2.45, 2.75) is 0 Å². The highest BCUT2D eigenvalue weighted by Gasteiger charge is 2.15. The van der Waals surface area contributed by atoms with Crippen molar-refractivity contribution in [3.05, 3.63) is 36.9 Å². The molecule has 2 heterocycles. The van der Waals surface area contributed by atoms with Crippen molar-refractivity contribution in [2.75, 3.05) is 7.05 Å². The van der Waals surface area contributed by atoms with Crippen LogP contribution in [0.15, 0.2) is 14.4 Å². The minimum atomic E-state index is -0.800. The lowest BCUT2D eigenvalue weighted by atomic mass is 10.4. The molecule has 0 aliphatic heterocycles. The summed E-state index contributed by atoms with van der Waals surface area (Å²) in [5, 5.41) is 2.23. The zero-order chi connectivity index (χ0) is 13.4. The summed E-state index contributed by atoms with van der Waals surface area (Å²) in [6, 6.07) is 0. The van der Waals surface area contributed by atoms with Crippen LogP contribution in [0.2, 0.25) is 0 Å². The van der Waals surface area contributed by atoms with Crippen LogP contribution >= 0.6 is 0 Å². The van der Waals surface area contributed by atoms with E-state index in [1.807, 2.05) is 0 Å². The van der Waals surface area contributed by atoms with Gasteiger partial charge in [0.2, 0.25) is 0 Å². The highest BCUT2D eigenvalue weighted by molar-refractivity contribution is 5.92. The summed E-state index contributed by atoms with van der Waals surface area (Å²) in [6.45, 7) is 0. The van der Waals surface area contributed by atoms with Crippen molar-refractivity contribution in [1.29, 1.82) is 0 Å². The molecule has 0 atom stereocenters. The van der Waals surface area contributed by atoms with Crippen LogP contribution < -0.4 is 22.1 Å². The minimum absolute atomic E-state index is 0.138. The second-order valence-corrected chi connectivity index (χ2v) is 3.51. The van der Waals surface area contributed by atoms with Crippen LogP contribution in [0, 0.1) is 0 Å². The van der Waals surface area contributed by atoms with E-state index in [0.29, 0.717) is 0 Å². The third-order valence-corrected chi connectivity index (χ3v) is 2.40. The molecule has 0 spiro atoms. The summed E-state index contributed by atoms with van der Waals surface area (Å²) < 4.78 is 0.791. The predicted octanol–water partition coefficient (Wildman–Crippen LogP) is -2.33.